The van der Waals surface area contributed by atoms with Gasteiger partial charge in [-0.2, -0.15) is 17.8 Å². The standard InChI is InChI=1S/C26H27ClF3N5O/c27-21-9-5-19(6-10-21)16-33-14-11-23-22(17-33)24(36)35(34-12-1-2-13-34)25(32-23)31-15-18-3-7-20(8-4-18)26(28,29)30/h3-10H,1-2,11-17H2,(H,31,32). The Balaban J connectivity index is 1.38. The lowest BCUT2D eigenvalue weighted by Crippen LogP contribution is -2.46. The first-order chi connectivity index (χ1) is 17.3. The largest absolute Gasteiger partial charge is 0.416 e. The molecular weight excluding hydrogens is 491 g/mol. The molecule has 1 saturated heterocycles. The van der Waals surface area contributed by atoms with E-state index in [4.69, 9.17) is 16.6 Å². The van der Waals surface area contributed by atoms with Gasteiger partial charge in [-0.25, -0.2) is 4.98 Å². The molecule has 36 heavy (non-hydrogen) atoms. The Hall–Kier alpha value is -3.04. The summed E-state index contributed by atoms with van der Waals surface area (Å²) in [7, 11) is 0. The van der Waals surface area contributed by atoms with Crippen LogP contribution in [0, 0.1) is 0 Å². The zero-order valence-corrected chi connectivity index (χ0v) is 20.4. The van der Waals surface area contributed by atoms with E-state index in [-0.39, 0.29) is 12.1 Å². The van der Waals surface area contributed by atoms with Gasteiger partial charge in [0, 0.05) is 50.7 Å². The molecular formula is C26H27ClF3N5O. The molecule has 1 aromatic heterocycles. The van der Waals surface area contributed by atoms with Crippen LogP contribution in [0.4, 0.5) is 19.1 Å². The zero-order chi connectivity index (χ0) is 25.3. The van der Waals surface area contributed by atoms with Gasteiger partial charge in [-0.15, -0.1) is 0 Å². The number of nitrogens with zero attached hydrogens (tertiary/aromatic N) is 4. The summed E-state index contributed by atoms with van der Waals surface area (Å²) in [4.78, 5) is 20.8. The van der Waals surface area contributed by atoms with E-state index in [1.165, 1.54) is 12.1 Å². The molecule has 1 fully saturated rings. The highest BCUT2D eigenvalue weighted by Gasteiger charge is 2.30. The molecule has 0 amide bonds. The van der Waals surface area contributed by atoms with Gasteiger partial charge in [0.1, 0.15) is 0 Å². The normalized spacial score (nSPS) is 16.3. The number of rotatable bonds is 6. The van der Waals surface area contributed by atoms with Crippen molar-refractivity contribution in [3.63, 3.8) is 0 Å². The Kier molecular flexibility index (Phi) is 6.94. The number of hydrogen-bond acceptors (Lipinski definition) is 5. The van der Waals surface area contributed by atoms with Crippen LogP contribution in [0.25, 0.3) is 0 Å². The number of hydrogen-bond donors (Lipinski definition) is 1. The summed E-state index contributed by atoms with van der Waals surface area (Å²) in [5.41, 5.74) is 2.51. The van der Waals surface area contributed by atoms with E-state index in [9.17, 15) is 18.0 Å². The zero-order valence-electron chi connectivity index (χ0n) is 19.7. The van der Waals surface area contributed by atoms with E-state index < -0.39 is 11.7 Å². The van der Waals surface area contributed by atoms with Crippen LogP contribution in [-0.4, -0.2) is 34.2 Å². The van der Waals surface area contributed by atoms with Crippen molar-refractivity contribution in [2.45, 2.75) is 45.1 Å². The first-order valence-electron chi connectivity index (χ1n) is 12.0. The molecule has 3 aromatic rings. The van der Waals surface area contributed by atoms with Gasteiger partial charge in [0.05, 0.1) is 16.8 Å². The maximum absolute atomic E-state index is 13.7. The van der Waals surface area contributed by atoms with Gasteiger partial charge in [-0.3, -0.25) is 9.69 Å². The number of fused-ring (bicyclic) bond motifs is 1. The fourth-order valence-electron chi connectivity index (χ4n) is 4.78. The van der Waals surface area contributed by atoms with Crippen molar-refractivity contribution < 1.29 is 13.2 Å². The molecule has 190 valence electrons. The van der Waals surface area contributed by atoms with Gasteiger partial charge in [-0.1, -0.05) is 35.9 Å². The molecule has 2 aliphatic heterocycles. The summed E-state index contributed by atoms with van der Waals surface area (Å²) in [6.07, 6.45) is -1.74. The lowest BCUT2D eigenvalue weighted by atomic mass is 10.1. The number of aromatic nitrogens is 2. The quantitative estimate of drug-likeness (QED) is 0.508. The molecule has 5 rings (SSSR count). The molecule has 0 unspecified atom stereocenters. The van der Waals surface area contributed by atoms with Gasteiger partial charge in [-0.05, 0) is 48.2 Å². The lowest BCUT2D eigenvalue weighted by molar-refractivity contribution is -0.137. The van der Waals surface area contributed by atoms with Gasteiger partial charge in [0.25, 0.3) is 5.56 Å². The summed E-state index contributed by atoms with van der Waals surface area (Å²) in [5.74, 6) is 0.437. The minimum Gasteiger partial charge on any atom is -0.350 e. The monoisotopic (exact) mass is 517 g/mol. The average Bonchev–Trinajstić information content (AvgIpc) is 3.39. The van der Waals surface area contributed by atoms with Gasteiger partial charge < -0.3 is 10.3 Å². The van der Waals surface area contributed by atoms with Crippen LogP contribution < -0.4 is 15.9 Å². The van der Waals surface area contributed by atoms with Crippen LogP contribution in [-0.2, 0) is 32.2 Å². The number of halogens is 4. The van der Waals surface area contributed by atoms with E-state index in [2.05, 4.69) is 10.2 Å². The Morgan fingerprint density at radius 1 is 0.944 bits per heavy atom. The van der Waals surface area contributed by atoms with E-state index in [1.807, 2.05) is 29.3 Å². The second kappa shape index (κ2) is 10.1. The first kappa shape index (κ1) is 24.6. The summed E-state index contributed by atoms with van der Waals surface area (Å²) in [6.45, 7) is 3.77. The van der Waals surface area contributed by atoms with Crippen molar-refractivity contribution in [1.29, 1.82) is 0 Å². The van der Waals surface area contributed by atoms with Gasteiger partial charge in [0.15, 0.2) is 0 Å². The van der Waals surface area contributed by atoms with Crippen LogP contribution in [0.2, 0.25) is 5.02 Å². The molecule has 0 spiro atoms. The highest BCUT2D eigenvalue weighted by atomic mass is 35.5. The number of nitrogens with one attached hydrogen (secondary N) is 1. The SMILES string of the molecule is O=c1c2c(nc(NCc3ccc(C(F)(F)F)cc3)n1N1CCCC1)CCN(Cc1ccc(Cl)cc1)C2. The van der Waals surface area contributed by atoms with Crippen LogP contribution in [0.15, 0.2) is 53.3 Å². The summed E-state index contributed by atoms with van der Waals surface area (Å²) < 4.78 is 40.3. The molecule has 10 heteroatoms. The van der Waals surface area contributed by atoms with Crippen LogP contribution in [0.1, 0.15) is 40.8 Å². The van der Waals surface area contributed by atoms with Crippen molar-refractivity contribution in [1.82, 2.24) is 14.6 Å². The predicted octanol–water partition coefficient (Wildman–Crippen LogP) is 4.82. The Morgan fingerprint density at radius 3 is 2.28 bits per heavy atom. The van der Waals surface area contributed by atoms with Crippen LogP contribution in [0.5, 0.6) is 0 Å². The minimum absolute atomic E-state index is 0.0855. The van der Waals surface area contributed by atoms with E-state index in [0.717, 1.165) is 55.9 Å². The Labute approximate surface area is 212 Å². The molecule has 0 radical (unpaired) electrons. The van der Waals surface area contributed by atoms with E-state index in [0.29, 0.717) is 41.6 Å². The van der Waals surface area contributed by atoms with Gasteiger partial charge >= 0.3 is 6.18 Å². The highest BCUT2D eigenvalue weighted by molar-refractivity contribution is 6.30. The third kappa shape index (κ3) is 5.37. The lowest BCUT2D eigenvalue weighted by Gasteiger charge is -2.31. The molecule has 2 aliphatic rings. The number of benzene rings is 2. The van der Waals surface area contributed by atoms with Crippen molar-refractivity contribution in [3.8, 4) is 0 Å². The molecule has 0 atom stereocenters. The third-order valence-electron chi connectivity index (χ3n) is 6.70. The van der Waals surface area contributed by atoms with Crippen molar-refractivity contribution in [3.05, 3.63) is 91.9 Å². The van der Waals surface area contributed by atoms with Crippen molar-refractivity contribution in [2.24, 2.45) is 0 Å². The molecule has 2 aromatic carbocycles. The van der Waals surface area contributed by atoms with E-state index in [1.54, 1.807) is 4.68 Å². The smallest absolute Gasteiger partial charge is 0.350 e. The maximum Gasteiger partial charge on any atom is 0.416 e. The molecule has 1 N–H and O–H groups in total. The predicted molar refractivity (Wildman–Crippen MR) is 134 cm³/mol. The average molecular weight is 518 g/mol. The van der Waals surface area contributed by atoms with Gasteiger partial charge in [0.2, 0.25) is 5.95 Å². The number of alkyl halides is 3. The second-order valence-electron chi connectivity index (χ2n) is 9.27. The fraction of sp³-hybridized carbons (Fsp3) is 0.385. The van der Waals surface area contributed by atoms with Crippen molar-refractivity contribution >= 4 is 17.5 Å². The third-order valence-corrected chi connectivity index (χ3v) is 6.96. The second-order valence-corrected chi connectivity index (χ2v) is 9.71. The van der Waals surface area contributed by atoms with Crippen LogP contribution in [0.3, 0.4) is 0 Å². The summed E-state index contributed by atoms with van der Waals surface area (Å²) in [6, 6.07) is 12.7. The summed E-state index contributed by atoms with van der Waals surface area (Å²) >= 11 is 6.00. The van der Waals surface area contributed by atoms with Crippen LogP contribution >= 0.6 is 11.6 Å². The molecule has 0 bridgehead atoms. The Morgan fingerprint density at radius 2 is 1.61 bits per heavy atom. The molecule has 0 aliphatic carbocycles. The maximum atomic E-state index is 13.7. The first-order valence-corrected chi connectivity index (χ1v) is 12.4. The molecule has 0 saturated carbocycles. The minimum atomic E-state index is -4.37. The number of anilines is 1. The summed E-state index contributed by atoms with van der Waals surface area (Å²) in [5, 5.41) is 5.91. The molecule has 6 nitrogen and oxygen atoms in total. The Bertz CT molecular complexity index is 1270. The van der Waals surface area contributed by atoms with E-state index >= 15 is 0 Å². The highest BCUT2D eigenvalue weighted by Crippen LogP contribution is 2.29. The molecule has 3 heterocycles. The van der Waals surface area contributed by atoms with Crippen molar-refractivity contribution in [2.75, 3.05) is 30.0 Å². The topological polar surface area (TPSA) is 53.4 Å². The fourth-order valence-corrected chi connectivity index (χ4v) is 4.90.